The number of hydrogen-bond donors (Lipinski definition) is 2. The van der Waals surface area contributed by atoms with Gasteiger partial charge in [-0.3, -0.25) is 0 Å². The van der Waals surface area contributed by atoms with Crippen LogP contribution in [0.1, 0.15) is 10.4 Å². The van der Waals surface area contributed by atoms with E-state index in [2.05, 4.69) is 21.7 Å². The maximum absolute atomic E-state index is 13.6. The molecular weight excluding hydrogens is 287 g/mol. The quantitative estimate of drug-likeness (QED) is 0.761. The minimum absolute atomic E-state index is 0.214. The lowest BCUT2D eigenvalue weighted by molar-refractivity contribution is 0.611. The van der Waals surface area contributed by atoms with Crippen molar-refractivity contribution in [2.24, 2.45) is 5.73 Å². The molecule has 3 N–H and O–H groups in total. The molecule has 0 aliphatic heterocycles. The molecule has 3 aromatic rings. The predicted octanol–water partition coefficient (Wildman–Crippen LogP) is 3.14. The average Bonchev–Trinajstić information content (AvgIpc) is 3.16. The van der Waals surface area contributed by atoms with Crippen LogP contribution >= 0.6 is 11.3 Å². The number of thiophene rings is 1. The van der Waals surface area contributed by atoms with E-state index in [1.165, 1.54) is 10.9 Å². The normalized spacial score (nSPS) is 10.8. The number of nitrogens with two attached hydrogens (primary N) is 1. The van der Waals surface area contributed by atoms with Gasteiger partial charge in [-0.25, -0.2) is 9.37 Å². The molecule has 0 bridgehead atoms. The molecule has 6 heteroatoms. The summed E-state index contributed by atoms with van der Waals surface area (Å²) in [7, 11) is 0. The molecule has 0 fully saturated rings. The van der Waals surface area contributed by atoms with Crippen molar-refractivity contribution in [3.05, 3.63) is 64.6 Å². The number of nitrogens with zero attached hydrogens (tertiary/aromatic N) is 2. The number of hydrogen-bond acceptors (Lipinski definition) is 4. The second kappa shape index (κ2) is 6.07. The standard InChI is InChI=1S/C15H15FN4S/c16-15-5-12(2-1-11(15)7-17)19-8-14-6-13(9-21-14)20-4-3-18-10-20/h1-6,9-10,19H,7-8,17H2. The third-order valence-electron chi connectivity index (χ3n) is 3.18. The zero-order chi connectivity index (χ0) is 14.7. The van der Waals surface area contributed by atoms with Crippen LogP contribution in [0.5, 0.6) is 0 Å². The van der Waals surface area contributed by atoms with E-state index < -0.39 is 0 Å². The van der Waals surface area contributed by atoms with Crippen molar-refractivity contribution in [1.82, 2.24) is 9.55 Å². The first kappa shape index (κ1) is 13.8. The van der Waals surface area contributed by atoms with E-state index in [9.17, 15) is 4.39 Å². The Morgan fingerprint density at radius 1 is 1.33 bits per heavy atom. The van der Waals surface area contributed by atoms with Crippen LogP contribution in [-0.4, -0.2) is 9.55 Å². The van der Waals surface area contributed by atoms with Crippen molar-refractivity contribution in [2.45, 2.75) is 13.1 Å². The van der Waals surface area contributed by atoms with Crippen molar-refractivity contribution in [3.8, 4) is 5.69 Å². The molecule has 0 radical (unpaired) electrons. The summed E-state index contributed by atoms with van der Waals surface area (Å²) in [5.41, 5.74) is 7.81. The topological polar surface area (TPSA) is 55.9 Å². The number of benzene rings is 1. The minimum Gasteiger partial charge on any atom is -0.380 e. The highest BCUT2D eigenvalue weighted by Gasteiger charge is 2.04. The van der Waals surface area contributed by atoms with Gasteiger partial charge >= 0.3 is 0 Å². The molecule has 0 aliphatic carbocycles. The first-order chi connectivity index (χ1) is 10.3. The number of halogens is 1. The molecular formula is C15H15FN4S. The largest absolute Gasteiger partial charge is 0.380 e. The number of anilines is 1. The third kappa shape index (κ3) is 3.12. The highest BCUT2D eigenvalue weighted by atomic mass is 32.1. The summed E-state index contributed by atoms with van der Waals surface area (Å²) in [6, 6.07) is 7.12. The maximum atomic E-state index is 13.6. The smallest absolute Gasteiger partial charge is 0.129 e. The number of nitrogens with one attached hydrogen (secondary N) is 1. The van der Waals surface area contributed by atoms with Crippen LogP contribution in [0.2, 0.25) is 0 Å². The van der Waals surface area contributed by atoms with Gasteiger partial charge in [-0.15, -0.1) is 11.3 Å². The lowest BCUT2D eigenvalue weighted by atomic mass is 10.2. The Bertz CT molecular complexity index is 721. The molecule has 4 nitrogen and oxygen atoms in total. The van der Waals surface area contributed by atoms with E-state index in [1.54, 1.807) is 29.9 Å². The molecule has 0 saturated heterocycles. The van der Waals surface area contributed by atoms with Crippen LogP contribution in [0.4, 0.5) is 10.1 Å². The van der Waals surface area contributed by atoms with Crippen molar-refractivity contribution < 1.29 is 4.39 Å². The van der Waals surface area contributed by atoms with Crippen LogP contribution in [0.3, 0.4) is 0 Å². The summed E-state index contributed by atoms with van der Waals surface area (Å²) in [6.07, 6.45) is 5.41. The summed E-state index contributed by atoms with van der Waals surface area (Å²) in [5, 5.41) is 5.28. The van der Waals surface area contributed by atoms with E-state index in [-0.39, 0.29) is 12.4 Å². The Hall–Kier alpha value is -2.18. The van der Waals surface area contributed by atoms with Gasteiger partial charge in [0.2, 0.25) is 0 Å². The molecule has 0 spiro atoms. The van der Waals surface area contributed by atoms with Crippen molar-refractivity contribution in [2.75, 3.05) is 5.32 Å². The van der Waals surface area contributed by atoms with E-state index in [0.717, 1.165) is 11.4 Å². The molecule has 0 atom stereocenters. The van der Waals surface area contributed by atoms with Crippen LogP contribution in [0.15, 0.2) is 48.4 Å². The molecule has 2 heterocycles. The first-order valence-electron chi connectivity index (χ1n) is 6.54. The summed E-state index contributed by atoms with van der Waals surface area (Å²) >= 11 is 1.65. The van der Waals surface area contributed by atoms with E-state index in [4.69, 9.17) is 5.73 Å². The average molecular weight is 302 g/mol. The molecule has 21 heavy (non-hydrogen) atoms. The van der Waals surface area contributed by atoms with Crippen LogP contribution in [-0.2, 0) is 13.1 Å². The molecule has 2 aromatic heterocycles. The molecule has 3 rings (SSSR count). The van der Waals surface area contributed by atoms with Crippen LogP contribution in [0.25, 0.3) is 5.69 Å². The van der Waals surface area contributed by atoms with Gasteiger partial charge in [0.25, 0.3) is 0 Å². The van der Waals surface area contributed by atoms with E-state index in [1.807, 2.05) is 16.8 Å². The summed E-state index contributed by atoms with van der Waals surface area (Å²) in [6.45, 7) is 0.867. The van der Waals surface area contributed by atoms with Gasteiger partial charge in [-0.05, 0) is 18.2 Å². The van der Waals surface area contributed by atoms with Crippen LogP contribution < -0.4 is 11.1 Å². The predicted molar refractivity (Wildman–Crippen MR) is 83.1 cm³/mol. The molecule has 0 saturated carbocycles. The van der Waals surface area contributed by atoms with Gasteiger partial charge in [0, 0.05) is 47.0 Å². The first-order valence-corrected chi connectivity index (χ1v) is 7.42. The van der Waals surface area contributed by atoms with Gasteiger partial charge in [0.1, 0.15) is 5.82 Å². The Balaban J connectivity index is 1.66. The SMILES string of the molecule is NCc1ccc(NCc2cc(-n3ccnc3)cs2)cc1F. The zero-order valence-electron chi connectivity index (χ0n) is 11.3. The summed E-state index contributed by atoms with van der Waals surface area (Å²) in [5.74, 6) is -0.271. The lowest BCUT2D eigenvalue weighted by Crippen LogP contribution is -2.02. The Morgan fingerprint density at radius 2 is 2.24 bits per heavy atom. The Morgan fingerprint density at radius 3 is 2.95 bits per heavy atom. The van der Waals surface area contributed by atoms with Crippen molar-refractivity contribution >= 4 is 17.0 Å². The lowest BCUT2D eigenvalue weighted by Gasteiger charge is -2.07. The van der Waals surface area contributed by atoms with Gasteiger partial charge < -0.3 is 15.6 Å². The van der Waals surface area contributed by atoms with Crippen molar-refractivity contribution in [1.29, 1.82) is 0 Å². The Kier molecular flexibility index (Phi) is 3.98. The number of rotatable bonds is 5. The van der Waals surface area contributed by atoms with Gasteiger partial charge in [-0.1, -0.05) is 6.07 Å². The van der Waals surface area contributed by atoms with Gasteiger partial charge in [-0.2, -0.15) is 0 Å². The maximum Gasteiger partial charge on any atom is 0.129 e. The fourth-order valence-electron chi connectivity index (χ4n) is 2.02. The van der Waals surface area contributed by atoms with Gasteiger partial charge in [0.05, 0.1) is 12.0 Å². The monoisotopic (exact) mass is 302 g/mol. The molecule has 108 valence electrons. The third-order valence-corrected chi connectivity index (χ3v) is 4.11. The molecule has 0 aliphatic rings. The fourth-order valence-corrected chi connectivity index (χ4v) is 2.83. The van der Waals surface area contributed by atoms with Crippen molar-refractivity contribution in [3.63, 3.8) is 0 Å². The summed E-state index contributed by atoms with van der Waals surface area (Å²) < 4.78 is 15.6. The molecule has 0 unspecified atom stereocenters. The molecule has 1 aromatic carbocycles. The number of imidazole rings is 1. The highest BCUT2D eigenvalue weighted by molar-refractivity contribution is 7.10. The fraction of sp³-hybridized carbons (Fsp3) is 0.133. The second-order valence-electron chi connectivity index (χ2n) is 4.61. The van der Waals surface area contributed by atoms with E-state index in [0.29, 0.717) is 12.1 Å². The highest BCUT2D eigenvalue weighted by Crippen LogP contribution is 2.20. The second-order valence-corrected chi connectivity index (χ2v) is 5.60. The minimum atomic E-state index is -0.271. The number of aromatic nitrogens is 2. The zero-order valence-corrected chi connectivity index (χ0v) is 12.1. The Labute approximate surface area is 126 Å². The van der Waals surface area contributed by atoms with Gasteiger partial charge in [0.15, 0.2) is 0 Å². The molecule has 0 amide bonds. The van der Waals surface area contributed by atoms with Crippen LogP contribution in [0, 0.1) is 5.82 Å². The summed E-state index contributed by atoms with van der Waals surface area (Å²) in [4.78, 5) is 5.20. The van der Waals surface area contributed by atoms with E-state index >= 15 is 0 Å².